The van der Waals surface area contributed by atoms with Crippen LogP contribution in [0.3, 0.4) is 0 Å². The quantitative estimate of drug-likeness (QED) is 0.553. The van der Waals surface area contributed by atoms with Crippen molar-refractivity contribution in [1.29, 1.82) is 0 Å². The SMILES string of the molecule is C=C(C)COCC(=C)COc1ccccc1I. The van der Waals surface area contributed by atoms with Crippen molar-refractivity contribution in [3.8, 4) is 5.75 Å². The van der Waals surface area contributed by atoms with Crippen LogP contribution in [0.15, 0.2) is 48.6 Å². The van der Waals surface area contributed by atoms with Crippen LogP contribution in [0.25, 0.3) is 0 Å². The number of halogens is 1. The van der Waals surface area contributed by atoms with Crippen LogP contribution in [-0.2, 0) is 4.74 Å². The van der Waals surface area contributed by atoms with Crippen LogP contribution < -0.4 is 4.74 Å². The van der Waals surface area contributed by atoms with Gasteiger partial charge in [0.25, 0.3) is 0 Å². The number of benzene rings is 1. The number of para-hydroxylation sites is 1. The molecule has 0 unspecified atom stereocenters. The molecule has 0 saturated heterocycles. The molecule has 0 fully saturated rings. The zero-order valence-electron chi connectivity index (χ0n) is 10.0. The number of ether oxygens (including phenoxy) is 2. The number of hydrogen-bond acceptors (Lipinski definition) is 2. The molecule has 1 aromatic rings. The third-order valence-electron chi connectivity index (χ3n) is 1.92. The molecule has 1 rings (SSSR count). The Kier molecular flexibility index (Phi) is 6.29. The molecule has 0 radical (unpaired) electrons. The van der Waals surface area contributed by atoms with Crippen molar-refractivity contribution in [2.45, 2.75) is 6.92 Å². The minimum Gasteiger partial charge on any atom is -0.488 e. The monoisotopic (exact) mass is 344 g/mol. The van der Waals surface area contributed by atoms with Gasteiger partial charge in [-0.25, -0.2) is 0 Å². The largest absolute Gasteiger partial charge is 0.488 e. The van der Waals surface area contributed by atoms with Crippen molar-refractivity contribution < 1.29 is 9.47 Å². The molecule has 0 amide bonds. The van der Waals surface area contributed by atoms with Crippen molar-refractivity contribution in [2.24, 2.45) is 0 Å². The van der Waals surface area contributed by atoms with Crippen molar-refractivity contribution in [2.75, 3.05) is 19.8 Å². The van der Waals surface area contributed by atoms with E-state index in [4.69, 9.17) is 9.47 Å². The second-order valence-corrected chi connectivity index (χ2v) is 5.08. The summed E-state index contributed by atoms with van der Waals surface area (Å²) in [5.41, 5.74) is 1.93. The van der Waals surface area contributed by atoms with Gasteiger partial charge >= 0.3 is 0 Å². The van der Waals surface area contributed by atoms with Gasteiger partial charge in [0.15, 0.2) is 0 Å². The Labute approximate surface area is 116 Å². The fourth-order valence-electron chi connectivity index (χ4n) is 1.15. The molecule has 0 atom stereocenters. The van der Waals surface area contributed by atoms with E-state index in [1.165, 1.54) is 0 Å². The molecule has 92 valence electrons. The van der Waals surface area contributed by atoms with Gasteiger partial charge in [0, 0.05) is 0 Å². The molecule has 3 heteroatoms. The summed E-state index contributed by atoms with van der Waals surface area (Å²) in [4.78, 5) is 0. The van der Waals surface area contributed by atoms with E-state index in [9.17, 15) is 0 Å². The average molecular weight is 344 g/mol. The van der Waals surface area contributed by atoms with E-state index < -0.39 is 0 Å². The lowest BCUT2D eigenvalue weighted by Gasteiger charge is -2.10. The molecule has 0 heterocycles. The topological polar surface area (TPSA) is 18.5 Å². The van der Waals surface area contributed by atoms with E-state index in [0.717, 1.165) is 20.5 Å². The third-order valence-corrected chi connectivity index (χ3v) is 2.81. The Balaban J connectivity index is 2.29. The zero-order valence-corrected chi connectivity index (χ0v) is 12.2. The first kappa shape index (κ1) is 14.3. The highest BCUT2D eigenvalue weighted by Crippen LogP contribution is 2.19. The molecule has 0 N–H and O–H groups in total. The summed E-state index contributed by atoms with van der Waals surface area (Å²) in [7, 11) is 0. The van der Waals surface area contributed by atoms with E-state index >= 15 is 0 Å². The summed E-state index contributed by atoms with van der Waals surface area (Å²) in [6, 6.07) is 7.90. The molecule has 0 bridgehead atoms. The normalized spacial score (nSPS) is 10.0. The molecular formula is C14H17IO2. The lowest BCUT2D eigenvalue weighted by molar-refractivity contribution is 0.171. The highest BCUT2D eigenvalue weighted by atomic mass is 127. The first-order chi connectivity index (χ1) is 8.09. The Morgan fingerprint density at radius 3 is 2.53 bits per heavy atom. The molecule has 0 aliphatic rings. The van der Waals surface area contributed by atoms with Crippen LogP contribution in [-0.4, -0.2) is 19.8 Å². The summed E-state index contributed by atoms with van der Waals surface area (Å²) in [6.07, 6.45) is 0. The van der Waals surface area contributed by atoms with Crippen molar-refractivity contribution >= 4 is 22.6 Å². The smallest absolute Gasteiger partial charge is 0.133 e. The maximum Gasteiger partial charge on any atom is 0.133 e. The van der Waals surface area contributed by atoms with Gasteiger partial charge in [0.2, 0.25) is 0 Å². The summed E-state index contributed by atoms with van der Waals surface area (Å²) in [6.45, 7) is 11.2. The van der Waals surface area contributed by atoms with Gasteiger partial charge in [-0.1, -0.05) is 30.9 Å². The summed E-state index contributed by atoms with van der Waals surface area (Å²) >= 11 is 2.25. The van der Waals surface area contributed by atoms with Crippen LogP contribution >= 0.6 is 22.6 Å². The molecule has 0 aromatic heterocycles. The molecule has 0 aliphatic carbocycles. The minimum absolute atomic E-state index is 0.482. The zero-order chi connectivity index (χ0) is 12.7. The highest BCUT2D eigenvalue weighted by molar-refractivity contribution is 14.1. The van der Waals surface area contributed by atoms with Crippen LogP contribution in [0.5, 0.6) is 5.75 Å². The highest BCUT2D eigenvalue weighted by Gasteiger charge is 2.01. The Morgan fingerprint density at radius 2 is 1.88 bits per heavy atom. The van der Waals surface area contributed by atoms with Crippen LogP contribution in [0.2, 0.25) is 0 Å². The lowest BCUT2D eigenvalue weighted by Crippen LogP contribution is -2.08. The maximum atomic E-state index is 5.65. The van der Waals surface area contributed by atoms with Gasteiger partial charge in [0.05, 0.1) is 16.8 Å². The molecule has 0 spiro atoms. The Hall–Kier alpha value is -0.810. The summed E-state index contributed by atoms with van der Waals surface area (Å²) in [5, 5.41) is 0. The predicted molar refractivity (Wildman–Crippen MR) is 79.4 cm³/mol. The van der Waals surface area contributed by atoms with Crippen LogP contribution in [0.1, 0.15) is 6.92 Å². The maximum absolute atomic E-state index is 5.65. The average Bonchev–Trinajstić information content (AvgIpc) is 2.27. The predicted octanol–water partition coefficient (Wildman–Crippen LogP) is 3.82. The van der Waals surface area contributed by atoms with E-state index in [2.05, 4.69) is 35.7 Å². The van der Waals surface area contributed by atoms with Crippen LogP contribution in [0.4, 0.5) is 0 Å². The van der Waals surface area contributed by atoms with Gasteiger partial charge < -0.3 is 9.47 Å². The first-order valence-corrected chi connectivity index (χ1v) is 6.43. The fourth-order valence-corrected chi connectivity index (χ4v) is 1.70. The van der Waals surface area contributed by atoms with Crippen molar-refractivity contribution in [3.63, 3.8) is 0 Å². The molecule has 0 aliphatic heterocycles. The van der Waals surface area contributed by atoms with E-state index in [-0.39, 0.29) is 0 Å². The molecule has 1 aromatic carbocycles. The standard InChI is InChI=1S/C14H17IO2/c1-11(2)8-16-9-12(3)10-17-14-7-5-4-6-13(14)15/h4-7H,1,3,8-10H2,2H3. The second-order valence-electron chi connectivity index (χ2n) is 3.92. The van der Waals surface area contributed by atoms with Crippen molar-refractivity contribution in [3.05, 3.63) is 52.1 Å². The number of hydrogen-bond donors (Lipinski definition) is 0. The minimum atomic E-state index is 0.482. The van der Waals surface area contributed by atoms with E-state index in [0.29, 0.717) is 19.8 Å². The molecule has 17 heavy (non-hydrogen) atoms. The second kappa shape index (κ2) is 7.50. The van der Waals surface area contributed by atoms with Gasteiger partial charge in [-0.15, -0.1) is 0 Å². The molecule has 0 saturated carbocycles. The van der Waals surface area contributed by atoms with E-state index in [1.807, 2.05) is 31.2 Å². The van der Waals surface area contributed by atoms with Crippen LogP contribution in [0, 0.1) is 3.57 Å². The molecule has 2 nitrogen and oxygen atoms in total. The Morgan fingerprint density at radius 1 is 1.18 bits per heavy atom. The van der Waals surface area contributed by atoms with Gasteiger partial charge in [-0.3, -0.25) is 0 Å². The fraction of sp³-hybridized carbons (Fsp3) is 0.286. The summed E-state index contributed by atoms with van der Waals surface area (Å²) in [5.74, 6) is 0.883. The van der Waals surface area contributed by atoms with Gasteiger partial charge in [-0.05, 0) is 47.2 Å². The Bertz CT molecular complexity index is 399. The molecular weight excluding hydrogens is 327 g/mol. The van der Waals surface area contributed by atoms with Gasteiger partial charge in [0.1, 0.15) is 12.4 Å². The first-order valence-electron chi connectivity index (χ1n) is 5.35. The van der Waals surface area contributed by atoms with Crippen molar-refractivity contribution in [1.82, 2.24) is 0 Å². The summed E-state index contributed by atoms with van der Waals surface area (Å²) < 4.78 is 12.1. The number of rotatable bonds is 7. The third kappa shape index (κ3) is 5.89. The van der Waals surface area contributed by atoms with Gasteiger partial charge in [-0.2, -0.15) is 0 Å². The van der Waals surface area contributed by atoms with E-state index in [1.54, 1.807) is 0 Å². The lowest BCUT2D eigenvalue weighted by atomic mass is 10.3.